The van der Waals surface area contributed by atoms with Crippen molar-refractivity contribution in [3.05, 3.63) is 78.3 Å². The number of thioether (sulfide) groups is 1. The largest absolute Gasteiger partial charge is 0.469 e. The second-order valence-electron chi connectivity index (χ2n) is 6.60. The van der Waals surface area contributed by atoms with Crippen molar-refractivity contribution < 1.29 is 9.21 Å². The summed E-state index contributed by atoms with van der Waals surface area (Å²) in [5, 5.41) is 9.33. The van der Waals surface area contributed by atoms with Gasteiger partial charge in [0.2, 0.25) is 0 Å². The number of hydrogen-bond donors (Lipinski definition) is 0. The minimum absolute atomic E-state index is 0.0707. The molecule has 2 heterocycles. The molecule has 0 spiro atoms. The van der Waals surface area contributed by atoms with E-state index in [1.165, 1.54) is 11.8 Å². The third-order valence-corrected chi connectivity index (χ3v) is 5.75. The number of rotatable bonds is 7. The molecular formula is C23H21N3O2S. The van der Waals surface area contributed by atoms with E-state index in [0.29, 0.717) is 11.3 Å². The molecule has 2 aromatic heterocycles. The van der Waals surface area contributed by atoms with Crippen LogP contribution in [-0.4, -0.2) is 26.3 Å². The van der Waals surface area contributed by atoms with Gasteiger partial charge in [-0.1, -0.05) is 66.4 Å². The van der Waals surface area contributed by atoms with Gasteiger partial charge in [0.15, 0.2) is 16.8 Å². The molecule has 0 amide bonds. The average molecular weight is 404 g/mol. The van der Waals surface area contributed by atoms with Crippen LogP contribution >= 0.6 is 11.8 Å². The number of aryl methyl sites for hydroxylation is 1. The van der Waals surface area contributed by atoms with Crippen LogP contribution in [0.1, 0.15) is 23.0 Å². The van der Waals surface area contributed by atoms with Crippen molar-refractivity contribution in [3.63, 3.8) is 0 Å². The Morgan fingerprint density at radius 2 is 1.72 bits per heavy atom. The number of nitrogens with zero attached hydrogens (tertiary/aromatic N) is 3. The maximum Gasteiger partial charge on any atom is 0.191 e. The fraction of sp³-hybridized carbons (Fsp3) is 0.174. The van der Waals surface area contributed by atoms with E-state index >= 15 is 0 Å². The van der Waals surface area contributed by atoms with Gasteiger partial charge in [-0.2, -0.15) is 0 Å². The Labute approximate surface area is 173 Å². The second kappa shape index (κ2) is 8.49. The Kier molecular flexibility index (Phi) is 5.62. The SMILES string of the molecule is CCn1c(SCC(=O)c2ccc(-c3ccccc3)cc2)nnc1-c1ccoc1C. The number of hydrogen-bond acceptors (Lipinski definition) is 5. The van der Waals surface area contributed by atoms with E-state index in [0.717, 1.165) is 40.0 Å². The molecule has 2 aromatic carbocycles. The standard InChI is InChI=1S/C23H21N3O2S/c1-3-26-22(20-13-14-28-16(20)2)24-25-23(26)29-15-21(27)19-11-9-18(10-12-19)17-7-5-4-6-8-17/h4-14H,3,15H2,1-2H3. The summed E-state index contributed by atoms with van der Waals surface area (Å²) in [5.74, 6) is 1.95. The lowest BCUT2D eigenvalue weighted by Crippen LogP contribution is -2.05. The zero-order valence-electron chi connectivity index (χ0n) is 16.3. The van der Waals surface area contributed by atoms with Gasteiger partial charge in [-0.15, -0.1) is 10.2 Å². The molecule has 0 fully saturated rings. The molecule has 0 N–H and O–H groups in total. The van der Waals surface area contributed by atoms with Crippen LogP contribution in [0.3, 0.4) is 0 Å². The highest BCUT2D eigenvalue weighted by Gasteiger charge is 2.17. The maximum atomic E-state index is 12.7. The third-order valence-electron chi connectivity index (χ3n) is 4.78. The van der Waals surface area contributed by atoms with Gasteiger partial charge < -0.3 is 8.98 Å². The van der Waals surface area contributed by atoms with Crippen molar-refractivity contribution in [1.29, 1.82) is 0 Å². The predicted octanol–water partition coefficient (Wildman–Crippen LogP) is 5.51. The molecule has 0 radical (unpaired) electrons. The quantitative estimate of drug-likeness (QED) is 0.301. The van der Waals surface area contributed by atoms with Gasteiger partial charge in [0.25, 0.3) is 0 Å². The van der Waals surface area contributed by atoms with Crippen molar-refractivity contribution >= 4 is 17.5 Å². The summed E-state index contributed by atoms with van der Waals surface area (Å²) in [6.45, 7) is 4.66. The van der Waals surface area contributed by atoms with Crippen LogP contribution in [0, 0.1) is 6.92 Å². The fourth-order valence-corrected chi connectivity index (χ4v) is 4.09. The maximum absolute atomic E-state index is 12.7. The summed E-state index contributed by atoms with van der Waals surface area (Å²) in [6, 6.07) is 19.8. The first kappa shape index (κ1) is 19.2. The van der Waals surface area contributed by atoms with Crippen LogP contribution in [0.15, 0.2) is 76.5 Å². The van der Waals surface area contributed by atoms with E-state index in [9.17, 15) is 4.79 Å². The van der Waals surface area contributed by atoms with E-state index in [-0.39, 0.29) is 5.78 Å². The van der Waals surface area contributed by atoms with Crippen molar-refractivity contribution in [1.82, 2.24) is 14.8 Å². The summed E-state index contributed by atoms with van der Waals surface area (Å²) in [7, 11) is 0. The summed E-state index contributed by atoms with van der Waals surface area (Å²) in [4.78, 5) is 12.7. The first-order valence-electron chi connectivity index (χ1n) is 9.46. The summed E-state index contributed by atoms with van der Waals surface area (Å²) in [6.07, 6.45) is 1.65. The summed E-state index contributed by atoms with van der Waals surface area (Å²) < 4.78 is 7.39. The van der Waals surface area contributed by atoms with Crippen molar-refractivity contribution in [3.8, 4) is 22.5 Å². The zero-order chi connectivity index (χ0) is 20.2. The van der Waals surface area contributed by atoms with Gasteiger partial charge >= 0.3 is 0 Å². The lowest BCUT2D eigenvalue weighted by Gasteiger charge is -2.07. The van der Waals surface area contributed by atoms with Gasteiger partial charge in [-0.25, -0.2) is 0 Å². The highest BCUT2D eigenvalue weighted by atomic mass is 32.2. The van der Waals surface area contributed by atoms with Gasteiger partial charge in [0.05, 0.1) is 17.6 Å². The van der Waals surface area contributed by atoms with Crippen LogP contribution in [0.5, 0.6) is 0 Å². The predicted molar refractivity (Wildman–Crippen MR) is 115 cm³/mol. The Hall–Kier alpha value is -3.12. The first-order chi connectivity index (χ1) is 14.2. The van der Waals surface area contributed by atoms with Crippen molar-refractivity contribution in [2.75, 3.05) is 5.75 Å². The third kappa shape index (κ3) is 4.03. The second-order valence-corrected chi connectivity index (χ2v) is 7.54. The van der Waals surface area contributed by atoms with Gasteiger partial charge in [-0.05, 0) is 31.0 Å². The molecule has 4 rings (SSSR count). The van der Waals surface area contributed by atoms with Crippen LogP contribution < -0.4 is 0 Å². The monoisotopic (exact) mass is 403 g/mol. The number of carbonyl (C=O) groups is 1. The fourth-order valence-electron chi connectivity index (χ4n) is 3.19. The van der Waals surface area contributed by atoms with Crippen molar-refractivity contribution in [2.24, 2.45) is 0 Å². The van der Waals surface area contributed by atoms with Gasteiger partial charge in [0, 0.05) is 12.1 Å². The molecule has 29 heavy (non-hydrogen) atoms. The zero-order valence-corrected chi connectivity index (χ0v) is 17.1. The highest BCUT2D eigenvalue weighted by Crippen LogP contribution is 2.27. The Morgan fingerprint density at radius 3 is 2.38 bits per heavy atom. The smallest absolute Gasteiger partial charge is 0.191 e. The van der Waals surface area contributed by atoms with E-state index in [4.69, 9.17) is 4.42 Å². The number of aromatic nitrogens is 3. The van der Waals surface area contributed by atoms with Crippen molar-refractivity contribution in [2.45, 2.75) is 25.5 Å². The summed E-state index contributed by atoms with van der Waals surface area (Å²) in [5.41, 5.74) is 3.86. The molecule has 6 heteroatoms. The van der Waals surface area contributed by atoms with Crippen LogP contribution in [0.4, 0.5) is 0 Å². The molecule has 4 aromatic rings. The van der Waals surface area contributed by atoms with Gasteiger partial charge in [0.1, 0.15) is 5.76 Å². The van der Waals surface area contributed by atoms with Gasteiger partial charge in [-0.3, -0.25) is 4.79 Å². The molecule has 0 aliphatic carbocycles. The molecule has 0 saturated carbocycles. The minimum Gasteiger partial charge on any atom is -0.469 e. The highest BCUT2D eigenvalue weighted by molar-refractivity contribution is 7.99. The van der Waals surface area contributed by atoms with E-state index in [1.54, 1.807) is 6.26 Å². The molecule has 0 atom stereocenters. The number of benzene rings is 2. The normalized spacial score (nSPS) is 11.0. The molecule has 0 aliphatic rings. The van der Waals surface area contributed by atoms with E-state index < -0.39 is 0 Å². The number of ketones is 1. The van der Waals surface area contributed by atoms with Crippen LogP contribution in [0.2, 0.25) is 0 Å². The minimum atomic E-state index is 0.0707. The topological polar surface area (TPSA) is 60.9 Å². The number of Topliss-reactive ketones (excluding diaryl/α,β-unsaturated/α-hetero) is 1. The Bertz CT molecular complexity index is 1110. The van der Waals surface area contributed by atoms with Crippen LogP contribution in [0.25, 0.3) is 22.5 Å². The Balaban J connectivity index is 1.46. The molecule has 0 unspecified atom stereocenters. The molecule has 5 nitrogen and oxygen atoms in total. The summed E-state index contributed by atoms with van der Waals surface area (Å²) >= 11 is 1.41. The molecule has 146 valence electrons. The molecule has 0 aliphatic heterocycles. The van der Waals surface area contributed by atoms with Crippen LogP contribution in [-0.2, 0) is 6.54 Å². The molecular weight excluding hydrogens is 382 g/mol. The number of carbonyl (C=O) groups excluding carboxylic acids is 1. The van der Waals surface area contributed by atoms with E-state index in [2.05, 4.69) is 22.3 Å². The Morgan fingerprint density at radius 1 is 1.00 bits per heavy atom. The lowest BCUT2D eigenvalue weighted by molar-refractivity contribution is 0.102. The first-order valence-corrected chi connectivity index (χ1v) is 10.4. The number of furan rings is 1. The molecule has 0 bridgehead atoms. The van der Waals surface area contributed by atoms with E-state index in [1.807, 2.05) is 66.9 Å². The lowest BCUT2D eigenvalue weighted by atomic mass is 10.0. The average Bonchev–Trinajstić information content (AvgIpc) is 3.37. The molecule has 0 saturated heterocycles.